The van der Waals surface area contributed by atoms with Gasteiger partial charge in [0.1, 0.15) is 0 Å². The molecule has 98 valence electrons. The zero-order chi connectivity index (χ0) is 13.1. The molecule has 5 heteroatoms. The van der Waals surface area contributed by atoms with Gasteiger partial charge in [-0.2, -0.15) is 0 Å². The minimum atomic E-state index is -0.921. The summed E-state index contributed by atoms with van der Waals surface area (Å²) in [4.78, 5) is 13.3. The third-order valence-electron chi connectivity index (χ3n) is 3.31. The van der Waals surface area contributed by atoms with Crippen molar-refractivity contribution in [2.45, 2.75) is 18.9 Å². The second-order valence-corrected chi connectivity index (χ2v) is 4.83. The number of hydrogen-bond acceptors (Lipinski definition) is 3. The van der Waals surface area contributed by atoms with Crippen molar-refractivity contribution in [2.75, 3.05) is 25.1 Å². The van der Waals surface area contributed by atoms with Crippen LogP contribution in [0.15, 0.2) is 18.2 Å². The summed E-state index contributed by atoms with van der Waals surface area (Å²) in [5.74, 6) is -0.921. The Morgan fingerprint density at radius 3 is 2.67 bits per heavy atom. The van der Waals surface area contributed by atoms with E-state index in [-0.39, 0.29) is 6.10 Å². The van der Waals surface area contributed by atoms with Crippen LogP contribution in [0.4, 0.5) is 5.69 Å². The van der Waals surface area contributed by atoms with E-state index in [0.717, 1.165) is 25.9 Å². The van der Waals surface area contributed by atoms with Crippen LogP contribution in [-0.4, -0.2) is 37.4 Å². The summed E-state index contributed by atoms with van der Waals surface area (Å²) in [5.41, 5.74) is 1.000. The molecule has 1 aromatic rings. The number of rotatable bonds is 3. The number of anilines is 1. The van der Waals surface area contributed by atoms with Crippen molar-refractivity contribution in [3.05, 3.63) is 28.8 Å². The van der Waals surface area contributed by atoms with Crippen molar-refractivity contribution in [3.63, 3.8) is 0 Å². The maximum atomic E-state index is 11.2. The van der Waals surface area contributed by atoms with Gasteiger partial charge in [0.25, 0.3) is 0 Å². The van der Waals surface area contributed by atoms with Gasteiger partial charge in [-0.3, -0.25) is 0 Å². The molecule has 0 aromatic heterocycles. The topological polar surface area (TPSA) is 49.8 Å². The molecule has 1 aliphatic rings. The molecule has 0 aliphatic carbocycles. The number of carboxylic acid groups (broad SMARTS) is 1. The summed E-state index contributed by atoms with van der Waals surface area (Å²) in [7, 11) is 1.71. The predicted octanol–water partition coefficient (Wildman–Crippen LogP) is 2.65. The molecule has 1 aromatic carbocycles. The van der Waals surface area contributed by atoms with Crippen molar-refractivity contribution in [2.24, 2.45) is 0 Å². The van der Waals surface area contributed by atoms with E-state index in [4.69, 9.17) is 16.3 Å². The molecular weight excluding hydrogens is 254 g/mol. The van der Waals surface area contributed by atoms with Gasteiger partial charge in [0.05, 0.1) is 17.4 Å². The lowest BCUT2D eigenvalue weighted by molar-refractivity contribution is 0.0696. The van der Waals surface area contributed by atoms with Gasteiger partial charge in [-0.25, -0.2) is 4.79 Å². The molecule has 4 nitrogen and oxygen atoms in total. The number of nitrogens with zero attached hydrogens (tertiary/aromatic N) is 1. The van der Waals surface area contributed by atoms with Crippen LogP contribution in [-0.2, 0) is 4.74 Å². The molecule has 1 heterocycles. The lowest BCUT2D eigenvalue weighted by atomic mass is 10.0. The van der Waals surface area contributed by atoms with Crippen molar-refractivity contribution < 1.29 is 14.6 Å². The fourth-order valence-corrected chi connectivity index (χ4v) is 2.45. The van der Waals surface area contributed by atoms with Gasteiger partial charge in [-0.1, -0.05) is 11.6 Å². The Hall–Kier alpha value is -1.26. The average Bonchev–Trinajstić information content (AvgIpc) is 2.38. The van der Waals surface area contributed by atoms with Crippen LogP contribution in [0, 0.1) is 0 Å². The van der Waals surface area contributed by atoms with Crippen LogP contribution in [0.5, 0.6) is 0 Å². The van der Waals surface area contributed by atoms with Crippen LogP contribution in [0.1, 0.15) is 23.2 Å². The number of piperidine rings is 1. The normalized spacial score (nSPS) is 16.9. The van der Waals surface area contributed by atoms with Crippen molar-refractivity contribution in [1.29, 1.82) is 0 Å². The molecule has 1 fully saturated rings. The minimum absolute atomic E-state index is 0.272. The van der Waals surface area contributed by atoms with E-state index < -0.39 is 5.97 Å². The van der Waals surface area contributed by atoms with Gasteiger partial charge in [0.15, 0.2) is 0 Å². The van der Waals surface area contributed by atoms with E-state index in [2.05, 4.69) is 4.90 Å². The van der Waals surface area contributed by atoms with Gasteiger partial charge < -0.3 is 14.7 Å². The van der Waals surface area contributed by atoms with E-state index in [1.54, 1.807) is 25.3 Å². The number of carbonyl (C=O) groups is 1. The molecule has 0 saturated carbocycles. The van der Waals surface area contributed by atoms with Crippen molar-refractivity contribution in [1.82, 2.24) is 0 Å². The molecule has 0 amide bonds. The van der Waals surface area contributed by atoms with Crippen molar-refractivity contribution in [3.8, 4) is 0 Å². The van der Waals surface area contributed by atoms with Crippen LogP contribution in [0.2, 0.25) is 5.02 Å². The summed E-state index contributed by atoms with van der Waals surface area (Å²) in [6, 6.07) is 4.89. The number of ether oxygens (including phenoxy) is 1. The van der Waals surface area contributed by atoms with Gasteiger partial charge in [0, 0.05) is 25.2 Å². The molecule has 1 aliphatic heterocycles. The van der Waals surface area contributed by atoms with E-state index >= 15 is 0 Å². The highest BCUT2D eigenvalue weighted by molar-refractivity contribution is 6.31. The molecule has 0 unspecified atom stereocenters. The maximum Gasteiger partial charge on any atom is 0.337 e. The zero-order valence-corrected chi connectivity index (χ0v) is 11.0. The third kappa shape index (κ3) is 2.76. The first-order valence-corrected chi connectivity index (χ1v) is 6.30. The molecule has 1 N–H and O–H groups in total. The number of methoxy groups -OCH3 is 1. The van der Waals surface area contributed by atoms with Crippen LogP contribution in [0.25, 0.3) is 0 Å². The highest BCUT2D eigenvalue weighted by Crippen LogP contribution is 2.28. The van der Waals surface area contributed by atoms with Gasteiger partial charge in [-0.05, 0) is 31.0 Å². The van der Waals surface area contributed by atoms with E-state index in [9.17, 15) is 9.90 Å². The Morgan fingerprint density at radius 1 is 1.44 bits per heavy atom. The number of hydrogen-bond donors (Lipinski definition) is 1. The molecule has 0 atom stereocenters. The summed E-state index contributed by atoms with van der Waals surface area (Å²) in [6.45, 7) is 1.58. The highest BCUT2D eigenvalue weighted by Gasteiger charge is 2.22. The number of aromatic carboxylic acids is 1. The van der Waals surface area contributed by atoms with Crippen LogP contribution >= 0.6 is 11.6 Å². The first-order valence-electron chi connectivity index (χ1n) is 5.92. The van der Waals surface area contributed by atoms with Gasteiger partial charge >= 0.3 is 5.97 Å². The molecule has 1 saturated heterocycles. The van der Waals surface area contributed by atoms with Gasteiger partial charge in [0.2, 0.25) is 0 Å². The van der Waals surface area contributed by atoms with E-state index in [1.165, 1.54) is 0 Å². The lowest BCUT2D eigenvalue weighted by Gasteiger charge is -2.33. The Balaban J connectivity index is 2.22. The summed E-state index contributed by atoms with van der Waals surface area (Å²) < 4.78 is 5.31. The smallest absolute Gasteiger partial charge is 0.337 e. The first-order chi connectivity index (χ1) is 8.61. The fraction of sp³-hybridized carbons (Fsp3) is 0.462. The molecular formula is C13H16ClNO3. The molecule has 0 radical (unpaired) electrons. The SMILES string of the molecule is COC1CCN(c2cc(Cl)ccc2C(=O)O)CC1. The molecule has 2 rings (SSSR count). The average molecular weight is 270 g/mol. The summed E-state index contributed by atoms with van der Waals surface area (Å²) >= 11 is 5.95. The quantitative estimate of drug-likeness (QED) is 0.917. The van der Waals surface area contributed by atoms with Gasteiger partial charge in [-0.15, -0.1) is 0 Å². The maximum absolute atomic E-state index is 11.2. The Bertz CT molecular complexity index is 442. The Morgan fingerprint density at radius 2 is 2.11 bits per heavy atom. The molecule has 18 heavy (non-hydrogen) atoms. The molecule has 0 spiro atoms. The summed E-state index contributed by atoms with van der Waals surface area (Å²) in [6.07, 6.45) is 2.08. The second-order valence-electron chi connectivity index (χ2n) is 4.39. The molecule has 0 bridgehead atoms. The minimum Gasteiger partial charge on any atom is -0.478 e. The first kappa shape index (κ1) is 13.2. The predicted molar refractivity (Wildman–Crippen MR) is 70.7 cm³/mol. The summed E-state index contributed by atoms with van der Waals surface area (Å²) in [5, 5.41) is 9.75. The zero-order valence-electron chi connectivity index (χ0n) is 10.2. The van der Waals surface area contributed by atoms with Crippen LogP contribution < -0.4 is 4.90 Å². The number of halogens is 1. The number of carboxylic acids is 1. The van der Waals surface area contributed by atoms with E-state index in [0.29, 0.717) is 16.3 Å². The largest absolute Gasteiger partial charge is 0.478 e. The lowest BCUT2D eigenvalue weighted by Crippen LogP contribution is -2.37. The second kappa shape index (κ2) is 5.59. The Labute approximate surface area is 111 Å². The van der Waals surface area contributed by atoms with Crippen LogP contribution in [0.3, 0.4) is 0 Å². The fourth-order valence-electron chi connectivity index (χ4n) is 2.28. The van der Waals surface area contributed by atoms with E-state index in [1.807, 2.05) is 0 Å². The Kier molecular flexibility index (Phi) is 4.09. The third-order valence-corrected chi connectivity index (χ3v) is 3.54. The standard InChI is InChI=1S/C13H16ClNO3/c1-18-10-4-6-15(7-5-10)12-8-9(14)2-3-11(12)13(16)17/h2-3,8,10H,4-7H2,1H3,(H,16,17). The highest BCUT2D eigenvalue weighted by atomic mass is 35.5. The monoisotopic (exact) mass is 269 g/mol. The number of benzene rings is 1. The van der Waals surface area contributed by atoms with Crippen molar-refractivity contribution >= 4 is 23.3 Å².